The van der Waals surface area contributed by atoms with Crippen molar-refractivity contribution in [2.45, 2.75) is 11.4 Å². The van der Waals surface area contributed by atoms with Crippen molar-refractivity contribution in [1.29, 1.82) is 0 Å². The van der Waals surface area contributed by atoms with E-state index in [1.807, 2.05) is 23.0 Å². The van der Waals surface area contributed by atoms with Gasteiger partial charge in [-0.2, -0.15) is 4.99 Å². The maximum absolute atomic E-state index is 12.6. The molecule has 1 aliphatic heterocycles. The van der Waals surface area contributed by atoms with Crippen LogP contribution in [0.3, 0.4) is 0 Å². The SMILES string of the molecule is C#CCn1c(=NC(=O)c2ccc3c(c2)OCO3)sc2cc(SC)ccc21. The van der Waals surface area contributed by atoms with Crippen LogP contribution in [0.15, 0.2) is 46.3 Å². The van der Waals surface area contributed by atoms with Crippen LogP contribution in [0.25, 0.3) is 10.2 Å². The van der Waals surface area contributed by atoms with Crippen LogP contribution in [0, 0.1) is 12.3 Å². The highest BCUT2D eigenvalue weighted by atomic mass is 32.2. The lowest BCUT2D eigenvalue weighted by atomic mass is 10.2. The van der Waals surface area contributed by atoms with Crippen LogP contribution in [0.1, 0.15) is 10.4 Å². The Kier molecular flexibility index (Phi) is 4.45. The minimum atomic E-state index is -0.342. The molecule has 130 valence electrons. The zero-order valence-electron chi connectivity index (χ0n) is 13.9. The van der Waals surface area contributed by atoms with Crippen molar-refractivity contribution in [3.05, 3.63) is 46.8 Å². The van der Waals surface area contributed by atoms with Crippen molar-refractivity contribution in [3.63, 3.8) is 0 Å². The Bertz CT molecular complexity index is 1120. The van der Waals surface area contributed by atoms with Crippen LogP contribution in [0.5, 0.6) is 11.5 Å². The van der Waals surface area contributed by atoms with Crippen molar-refractivity contribution in [2.75, 3.05) is 13.0 Å². The average Bonchev–Trinajstić information content (AvgIpc) is 3.25. The quantitative estimate of drug-likeness (QED) is 0.514. The first-order valence-electron chi connectivity index (χ1n) is 7.79. The van der Waals surface area contributed by atoms with Gasteiger partial charge in [0.2, 0.25) is 6.79 Å². The molecule has 0 fully saturated rings. The topological polar surface area (TPSA) is 52.8 Å². The summed E-state index contributed by atoms with van der Waals surface area (Å²) in [6.45, 7) is 0.520. The molecule has 0 bridgehead atoms. The molecule has 0 saturated heterocycles. The highest BCUT2D eigenvalue weighted by Gasteiger charge is 2.16. The Morgan fingerprint density at radius 3 is 2.96 bits per heavy atom. The minimum Gasteiger partial charge on any atom is -0.454 e. The summed E-state index contributed by atoms with van der Waals surface area (Å²) in [5.41, 5.74) is 1.42. The van der Waals surface area contributed by atoms with E-state index in [1.165, 1.54) is 11.3 Å². The van der Waals surface area contributed by atoms with Gasteiger partial charge in [0, 0.05) is 10.5 Å². The maximum atomic E-state index is 12.6. The average molecular weight is 382 g/mol. The third-order valence-corrected chi connectivity index (χ3v) is 5.72. The van der Waals surface area contributed by atoms with E-state index < -0.39 is 0 Å². The third kappa shape index (κ3) is 2.98. The fourth-order valence-electron chi connectivity index (χ4n) is 2.69. The summed E-state index contributed by atoms with van der Waals surface area (Å²) in [5.74, 6) is 3.49. The molecule has 3 aromatic rings. The first kappa shape index (κ1) is 16.8. The van der Waals surface area contributed by atoms with Gasteiger partial charge in [0.05, 0.1) is 16.8 Å². The van der Waals surface area contributed by atoms with Crippen molar-refractivity contribution in [3.8, 4) is 23.8 Å². The van der Waals surface area contributed by atoms with E-state index in [-0.39, 0.29) is 12.7 Å². The van der Waals surface area contributed by atoms with Crippen LogP contribution in [0.2, 0.25) is 0 Å². The normalized spacial score (nSPS) is 13.2. The number of rotatable bonds is 3. The number of carbonyl (C=O) groups excluding carboxylic acids is 1. The largest absolute Gasteiger partial charge is 0.454 e. The smallest absolute Gasteiger partial charge is 0.279 e. The van der Waals surface area contributed by atoms with Crippen LogP contribution in [-0.4, -0.2) is 23.5 Å². The predicted molar refractivity (Wildman–Crippen MR) is 103 cm³/mol. The molecule has 0 saturated carbocycles. The highest BCUT2D eigenvalue weighted by molar-refractivity contribution is 7.98. The van der Waals surface area contributed by atoms with Gasteiger partial charge < -0.3 is 14.0 Å². The first-order chi connectivity index (χ1) is 12.7. The Hall–Kier alpha value is -2.69. The van der Waals surface area contributed by atoms with Gasteiger partial charge in [0.1, 0.15) is 0 Å². The molecule has 2 aromatic carbocycles. The van der Waals surface area contributed by atoms with E-state index in [4.69, 9.17) is 15.9 Å². The molecule has 1 amide bonds. The Labute approximate surface area is 158 Å². The molecule has 4 rings (SSSR count). The number of hydrogen-bond donors (Lipinski definition) is 0. The molecular formula is C19H14N2O3S2. The molecule has 0 atom stereocenters. The van der Waals surface area contributed by atoms with E-state index >= 15 is 0 Å². The summed E-state index contributed by atoms with van der Waals surface area (Å²) in [7, 11) is 0. The lowest BCUT2D eigenvalue weighted by Crippen LogP contribution is -2.16. The van der Waals surface area contributed by atoms with E-state index in [1.54, 1.807) is 30.0 Å². The number of benzene rings is 2. The number of ether oxygens (including phenoxy) is 2. The molecule has 1 aromatic heterocycles. The van der Waals surface area contributed by atoms with Gasteiger partial charge in [-0.3, -0.25) is 4.79 Å². The molecular weight excluding hydrogens is 368 g/mol. The number of amides is 1. The molecule has 2 heterocycles. The maximum Gasteiger partial charge on any atom is 0.279 e. The van der Waals surface area contributed by atoms with Crippen LogP contribution in [-0.2, 0) is 6.54 Å². The Balaban J connectivity index is 1.80. The van der Waals surface area contributed by atoms with Gasteiger partial charge in [-0.25, -0.2) is 0 Å². The highest BCUT2D eigenvalue weighted by Crippen LogP contribution is 2.32. The van der Waals surface area contributed by atoms with Crippen molar-refractivity contribution in [1.82, 2.24) is 4.57 Å². The fourth-order valence-corrected chi connectivity index (χ4v) is 4.27. The predicted octanol–water partition coefficient (Wildman–Crippen LogP) is 3.53. The molecule has 1 aliphatic rings. The number of hydrogen-bond acceptors (Lipinski definition) is 5. The van der Waals surface area contributed by atoms with Gasteiger partial charge in [-0.1, -0.05) is 17.3 Å². The van der Waals surface area contributed by atoms with Crippen LogP contribution < -0.4 is 14.3 Å². The molecule has 26 heavy (non-hydrogen) atoms. The number of aromatic nitrogens is 1. The molecule has 7 heteroatoms. The molecule has 5 nitrogen and oxygen atoms in total. The molecule has 0 radical (unpaired) electrons. The lowest BCUT2D eigenvalue weighted by Gasteiger charge is -2.01. The van der Waals surface area contributed by atoms with Gasteiger partial charge in [-0.15, -0.1) is 18.2 Å². The second-order valence-electron chi connectivity index (χ2n) is 5.49. The van der Waals surface area contributed by atoms with Gasteiger partial charge in [0.15, 0.2) is 16.3 Å². The van der Waals surface area contributed by atoms with E-state index in [2.05, 4.69) is 17.0 Å². The molecule has 0 spiro atoms. The second kappa shape index (κ2) is 6.90. The number of carbonyl (C=O) groups is 1. The third-order valence-electron chi connectivity index (χ3n) is 3.96. The van der Waals surface area contributed by atoms with Crippen LogP contribution >= 0.6 is 23.1 Å². The standard InChI is InChI=1S/C19H14N2O3S2/c1-3-8-21-14-6-5-13(25-2)10-17(14)26-19(21)20-18(22)12-4-7-15-16(9-12)24-11-23-15/h1,4-7,9-10H,8,11H2,2H3. The summed E-state index contributed by atoms with van der Waals surface area (Å²) >= 11 is 3.12. The first-order valence-corrected chi connectivity index (χ1v) is 9.83. The van der Waals surface area contributed by atoms with Gasteiger partial charge >= 0.3 is 0 Å². The Morgan fingerprint density at radius 1 is 1.31 bits per heavy atom. The molecule has 0 aliphatic carbocycles. The molecule has 0 N–H and O–H groups in total. The Morgan fingerprint density at radius 2 is 2.15 bits per heavy atom. The number of terminal acetylenes is 1. The summed E-state index contributed by atoms with van der Waals surface area (Å²) < 4.78 is 13.5. The number of thioether (sulfide) groups is 1. The minimum absolute atomic E-state index is 0.167. The van der Waals surface area contributed by atoms with Gasteiger partial charge in [-0.05, 0) is 42.7 Å². The zero-order chi connectivity index (χ0) is 18.1. The second-order valence-corrected chi connectivity index (χ2v) is 7.38. The van der Waals surface area contributed by atoms with E-state index in [0.717, 1.165) is 15.1 Å². The summed E-state index contributed by atoms with van der Waals surface area (Å²) in [4.78, 5) is 18.7. The molecule has 0 unspecified atom stereocenters. The fraction of sp³-hybridized carbons (Fsp3) is 0.158. The number of nitrogens with zero attached hydrogens (tertiary/aromatic N) is 2. The van der Waals surface area contributed by atoms with Gasteiger partial charge in [0.25, 0.3) is 5.91 Å². The summed E-state index contributed by atoms with van der Waals surface area (Å²) in [6, 6.07) is 11.2. The van der Waals surface area contributed by atoms with E-state index in [0.29, 0.717) is 28.4 Å². The van der Waals surface area contributed by atoms with Crippen molar-refractivity contribution < 1.29 is 14.3 Å². The summed E-state index contributed by atoms with van der Waals surface area (Å²) in [5, 5.41) is 0. The monoisotopic (exact) mass is 382 g/mol. The lowest BCUT2D eigenvalue weighted by molar-refractivity contribution is 0.0997. The van der Waals surface area contributed by atoms with E-state index in [9.17, 15) is 4.79 Å². The number of fused-ring (bicyclic) bond motifs is 2. The van der Waals surface area contributed by atoms with Crippen molar-refractivity contribution in [2.24, 2.45) is 4.99 Å². The van der Waals surface area contributed by atoms with Crippen LogP contribution in [0.4, 0.5) is 0 Å². The zero-order valence-corrected chi connectivity index (χ0v) is 15.5. The van der Waals surface area contributed by atoms with Crippen molar-refractivity contribution >= 4 is 39.2 Å². The number of thiazole rings is 1. The summed E-state index contributed by atoms with van der Waals surface area (Å²) in [6.07, 6.45) is 7.54.